The quantitative estimate of drug-likeness (QED) is 0.786. The van der Waals surface area contributed by atoms with Gasteiger partial charge in [-0.15, -0.1) is 0 Å². The first-order valence-corrected chi connectivity index (χ1v) is 6.89. The van der Waals surface area contributed by atoms with Crippen molar-refractivity contribution < 1.29 is 14.1 Å². The van der Waals surface area contributed by atoms with Crippen molar-refractivity contribution in [2.24, 2.45) is 0 Å². The topological polar surface area (TPSA) is 53.4 Å². The lowest BCUT2D eigenvalue weighted by molar-refractivity contribution is -0.124. The standard InChI is InChI=1S/C14H23BN2O3/c1-10(18)12(2,3)17-9-11(8-16-17)15-19-13(4,5)14(6,7)20-15/h8-9H,1-7H3. The Kier molecular flexibility index (Phi) is 3.38. The number of rotatable bonds is 3. The Hall–Kier alpha value is -1.14. The van der Waals surface area contributed by atoms with Gasteiger partial charge in [0.15, 0.2) is 5.78 Å². The minimum Gasteiger partial charge on any atom is -0.399 e. The van der Waals surface area contributed by atoms with E-state index in [0.29, 0.717) is 0 Å². The molecule has 5 nitrogen and oxygen atoms in total. The molecule has 2 rings (SSSR count). The normalized spacial score (nSPS) is 21.2. The molecule has 0 atom stereocenters. The van der Waals surface area contributed by atoms with Gasteiger partial charge < -0.3 is 9.31 Å². The smallest absolute Gasteiger partial charge is 0.399 e. The second-order valence-corrected chi connectivity index (χ2v) is 6.92. The molecule has 0 amide bonds. The fourth-order valence-corrected chi connectivity index (χ4v) is 1.90. The number of hydrogen-bond acceptors (Lipinski definition) is 4. The molecule has 0 bridgehead atoms. The summed E-state index contributed by atoms with van der Waals surface area (Å²) >= 11 is 0. The van der Waals surface area contributed by atoms with Crippen LogP contribution in [0.3, 0.4) is 0 Å². The third-order valence-corrected chi connectivity index (χ3v) is 4.56. The van der Waals surface area contributed by atoms with Gasteiger partial charge in [0.2, 0.25) is 0 Å². The zero-order valence-corrected chi connectivity index (χ0v) is 13.4. The Bertz CT molecular complexity index is 518. The van der Waals surface area contributed by atoms with E-state index in [1.54, 1.807) is 17.8 Å². The summed E-state index contributed by atoms with van der Waals surface area (Å²) in [6.45, 7) is 13.3. The lowest BCUT2D eigenvalue weighted by Gasteiger charge is -2.32. The van der Waals surface area contributed by atoms with Gasteiger partial charge in [0.25, 0.3) is 0 Å². The van der Waals surface area contributed by atoms with Crippen LogP contribution in [0.2, 0.25) is 0 Å². The molecule has 1 aliphatic rings. The minimum absolute atomic E-state index is 0.0565. The summed E-state index contributed by atoms with van der Waals surface area (Å²) < 4.78 is 13.6. The summed E-state index contributed by atoms with van der Waals surface area (Å²) in [5, 5.41) is 4.29. The van der Waals surface area contributed by atoms with E-state index in [4.69, 9.17) is 9.31 Å². The van der Waals surface area contributed by atoms with Gasteiger partial charge in [-0.3, -0.25) is 9.48 Å². The summed E-state index contributed by atoms with van der Waals surface area (Å²) in [6, 6.07) is 0. The van der Waals surface area contributed by atoms with Gasteiger partial charge in [0.1, 0.15) is 5.54 Å². The summed E-state index contributed by atoms with van der Waals surface area (Å²) in [5.41, 5.74) is -0.592. The average molecular weight is 278 g/mol. The van der Waals surface area contributed by atoms with Crippen LogP contribution in [0.25, 0.3) is 0 Å². The number of Topliss-reactive ketones (excluding diaryl/α,β-unsaturated/α-hetero) is 1. The van der Waals surface area contributed by atoms with E-state index in [2.05, 4.69) is 5.10 Å². The second kappa shape index (κ2) is 4.43. The molecular formula is C14H23BN2O3. The zero-order chi connectivity index (χ0) is 15.3. The molecule has 20 heavy (non-hydrogen) atoms. The third-order valence-electron chi connectivity index (χ3n) is 4.56. The highest BCUT2D eigenvalue weighted by atomic mass is 16.7. The number of carbonyl (C=O) groups is 1. The van der Waals surface area contributed by atoms with Gasteiger partial charge in [-0.1, -0.05) is 0 Å². The highest BCUT2D eigenvalue weighted by Crippen LogP contribution is 2.36. The molecular weight excluding hydrogens is 255 g/mol. The molecule has 0 radical (unpaired) electrons. The molecule has 2 heterocycles. The van der Waals surface area contributed by atoms with Crippen LogP contribution in [0.1, 0.15) is 48.5 Å². The summed E-state index contributed by atoms with van der Waals surface area (Å²) in [4.78, 5) is 11.7. The summed E-state index contributed by atoms with van der Waals surface area (Å²) in [6.07, 6.45) is 3.52. The highest BCUT2D eigenvalue weighted by molar-refractivity contribution is 6.62. The molecule has 6 heteroatoms. The van der Waals surface area contributed by atoms with E-state index >= 15 is 0 Å². The first-order valence-electron chi connectivity index (χ1n) is 6.89. The maximum Gasteiger partial charge on any atom is 0.498 e. The number of nitrogens with zero attached hydrogens (tertiary/aromatic N) is 2. The number of hydrogen-bond donors (Lipinski definition) is 0. The van der Waals surface area contributed by atoms with E-state index in [1.165, 1.54) is 0 Å². The van der Waals surface area contributed by atoms with Gasteiger partial charge >= 0.3 is 7.12 Å². The molecule has 0 N–H and O–H groups in total. The lowest BCUT2D eigenvalue weighted by atomic mass is 9.82. The van der Waals surface area contributed by atoms with Crippen molar-refractivity contribution >= 4 is 18.4 Å². The lowest BCUT2D eigenvalue weighted by Crippen LogP contribution is -2.41. The fourth-order valence-electron chi connectivity index (χ4n) is 1.90. The minimum atomic E-state index is -0.665. The van der Waals surface area contributed by atoms with Gasteiger partial charge in [-0.05, 0) is 48.5 Å². The van der Waals surface area contributed by atoms with Crippen molar-refractivity contribution in [1.29, 1.82) is 0 Å². The average Bonchev–Trinajstić information content (AvgIpc) is 2.82. The maximum atomic E-state index is 11.7. The molecule has 1 saturated heterocycles. The van der Waals surface area contributed by atoms with Gasteiger partial charge in [-0.2, -0.15) is 5.10 Å². The van der Waals surface area contributed by atoms with Crippen LogP contribution >= 0.6 is 0 Å². The van der Waals surface area contributed by atoms with Crippen molar-refractivity contribution in [2.75, 3.05) is 0 Å². The van der Waals surface area contributed by atoms with E-state index in [1.807, 2.05) is 47.7 Å². The van der Waals surface area contributed by atoms with Crippen molar-refractivity contribution in [3.05, 3.63) is 12.4 Å². The van der Waals surface area contributed by atoms with Crippen LogP contribution in [0.15, 0.2) is 12.4 Å². The molecule has 1 aromatic heterocycles. The van der Waals surface area contributed by atoms with E-state index in [0.717, 1.165) is 5.46 Å². The molecule has 1 aliphatic heterocycles. The molecule has 0 aromatic carbocycles. The van der Waals surface area contributed by atoms with Crippen LogP contribution in [-0.4, -0.2) is 33.9 Å². The van der Waals surface area contributed by atoms with E-state index in [-0.39, 0.29) is 17.0 Å². The molecule has 0 spiro atoms. The van der Waals surface area contributed by atoms with E-state index < -0.39 is 12.7 Å². The Morgan fingerprint density at radius 2 is 1.75 bits per heavy atom. The van der Waals surface area contributed by atoms with Crippen LogP contribution < -0.4 is 5.46 Å². The van der Waals surface area contributed by atoms with Crippen molar-refractivity contribution in [3.63, 3.8) is 0 Å². The van der Waals surface area contributed by atoms with Crippen LogP contribution in [0.4, 0.5) is 0 Å². The van der Waals surface area contributed by atoms with E-state index in [9.17, 15) is 4.79 Å². The Balaban J connectivity index is 2.26. The summed E-state index contributed by atoms with van der Waals surface area (Å²) in [5.74, 6) is 0.0565. The zero-order valence-electron chi connectivity index (χ0n) is 13.4. The molecule has 1 fully saturated rings. The fraction of sp³-hybridized carbons (Fsp3) is 0.714. The molecule has 1 aromatic rings. The maximum absolute atomic E-state index is 11.7. The van der Waals surface area contributed by atoms with Crippen LogP contribution in [0, 0.1) is 0 Å². The molecule has 0 saturated carbocycles. The SMILES string of the molecule is CC(=O)C(C)(C)n1cc(B2OC(C)(C)C(C)(C)O2)cn1. The first-order chi connectivity index (χ1) is 8.97. The van der Waals surface area contributed by atoms with Gasteiger partial charge in [0, 0.05) is 17.9 Å². The van der Waals surface area contributed by atoms with Crippen LogP contribution in [0.5, 0.6) is 0 Å². The number of carbonyl (C=O) groups excluding carboxylic acids is 1. The number of ketones is 1. The predicted octanol–water partition coefficient (Wildman–Crippen LogP) is 1.51. The predicted molar refractivity (Wildman–Crippen MR) is 77.9 cm³/mol. The molecule has 0 aliphatic carbocycles. The van der Waals surface area contributed by atoms with Gasteiger partial charge in [0.05, 0.1) is 11.2 Å². The van der Waals surface area contributed by atoms with Crippen LogP contribution in [-0.2, 0) is 19.6 Å². The van der Waals surface area contributed by atoms with Crippen molar-refractivity contribution in [3.8, 4) is 0 Å². The highest BCUT2D eigenvalue weighted by Gasteiger charge is 2.52. The third kappa shape index (κ3) is 2.31. The Morgan fingerprint density at radius 3 is 2.20 bits per heavy atom. The Labute approximate surface area is 120 Å². The largest absolute Gasteiger partial charge is 0.498 e. The first kappa shape index (κ1) is 15.3. The summed E-state index contributed by atoms with van der Waals surface area (Å²) in [7, 11) is -0.448. The second-order valence-electron chi connectivity index (χ2n) is 6.92. The van der Waals surface area contributed by atoms with Crippen molar-refractivity contribution in [2.45, 2.75) is 65.2 Å². The molecule has 0 unspecified atom stereocenters. The Morgan fingerprint density at radius 1 is 1.25 bits per heavy atom. The molecule has 110 valence electrons. The van der Waals surface area contributed by atoms with Gasteiger partial charge in [-0.25, -0.2) is 0 Å². The number of aromatic nitrogens is 2. The monoisotopic (exact) mass is 278 g/mol. The van der Waals surface area contributed by atoms with Crippen molar-refractivity contribution in [1.82, 2.24) is 9.78 Å².